The molecule has 10 nitrogen and oxygen atoms in total. The first-order chi connectivity index (χ1) is 10.9. The summed E-state index contributed by atoms with van der Waals surface area (Å²) in [4.78, 5) is 33.7. The van der Waals surface area contributed by atoms with Gasteiger partial charge in [-0.05, 0) is 6.07 Å². The molecule has 0 aromatic heterocycles. The van der Waals surface area contributed by atoms with Gasteiger partial charge in [-0.1, -0.05) is 0 Å². The number of nitro benzene ring substituents is 2. The summed E-state index contributed by atoms with van der Waals surface area (Å²) in [5.41, 5.74) is -2.40. The maximum absolute atomic E-state index is 11.6. The molecule has 0 fully saturated rings. The standard InChI is InChI=1S/C11H12Cl2N4O6/c12-3-5-15(6-4-13)10-8(16(20)21)2-1-7(11(18)14-19)9(10)17(22)23/h1-2H,3-6,14H2. The van der Waals surface area contributed by atoms with Gasteiger partial charge in [-0.2, -0.15) is 0 Å². The number of rotatable bonds is 8. The van der Waals surface area contributed by atoms with E-state index >= 15 is 0 Å². The van der Waals surface area contributed by atoms with Crippen LogP contribution in [0.3, 0.4) is 0 Å². The minimum absolute atomic E-state index is 0.0249. The van der Waals surface area contributed by atoms with Crippen LogP contribution in [0, 0.1) is 25.4 Å². The molecular formula is C11H12Cl2N4O6. The van der Waals surface area contributed by atoms with Crippen LogP contribution >= 0.6 is 23.2 Å². The van der Waals surface area contributed by atoms with Crippen LogP contribution in [0.15, 0.2) is 12.1 Å². The number of halogens is 2. The van der Waals surface area contributed by atoms with Crippen molar-refractivity contribution >= 4 is 46.2 Å². The Hall–Kier alpha value is -2.01. The molecule has 0 heterocycles. The highest BCUT2D eigenvalue weighted by Crippen LogP contribution is 2.39. The number of quaternary nitrogens is 1. The van der Waals surface area contributed by atoms with Gasteiger partial charge in [0.2, 0.25) is 0 Å². The van der Waals surface area contributed by atoms with Crippen molar-refractivity contribution in [3.8, 4) is 0 Å². The molecule has 0 saturated heterocycles. The normalized spacial score (nSPS) is 10.4. The highest BCUT2D eigenvalue weighted by Gasteiger charge is 2.35. The highest BCUT2D eigenvalue weighted by atomic mass is 35.5. The summed E-state index contributed by atoms with van der Waals surface area (Å²) in [6.07, 6.45) is 0. The van der Waals surface area contributed by atoms with Crippen molar-refractivity contribution in [1.29, 1.82) is 0 Å². The summed E-state index contributed by atoms with van der Waals surface area (Å²) in [7, 11) is 0. The number of amides is 1. The first kappa shape index (κ1) is 19.0. The molecule has 1 rings (SSSR count). The fourth-order valence-electron chi connectivity index (χ4n) is 2.01. The van der Waals surface area contributed by atoms with Crippen molar-refractivity contribution < 1.29 is 20.1 Å². The molecule has 0 aliphatic heterocycles. The number of carbonyl (C=O) groups excluding carboxylic acids is 1. The van der Waals surface area contributed by atoms with Crippen LogP contribution in [-0.2, 0) is 0 Å². The van der Waals surface area contributed by atoms with E-state index in [1.54, 1.807) is 0 Å². The third-order valence-corrected chi connectivity index (χ3v) is 3.24. The van der Waals surface area contributed by atoms with Crippen LogP contribution < -0.4 is 10.4 Å². The van der Waals surface area contributed by atoms with Crippen LogP contribution in [0.25, 0.3) is 0 Å². The Kier molecular flexibility index (Phi) is 7.10. The van der Waals surface area contributed by atoms with Crippen LogP contribution in [0.5, 0.6) is 0 Å². The lowest BCUT2D eigenvalue weighted by atomic mass is 10.1. The van der Waals surface area contributed by atoms with E-state index < -0.39 is 38.4 Å². The lowest BCUT2D eigenvalue weighted by molar-refractivity contribution is -0.482. The zero-order valence-electron chi connectivity index (χ0n) is 11.6. The average molecular weight is 367 g/mol. The summed E-state index contributed by atoms with van der Waals surface area (Å²) in [6.45, 7) is 0.0728. The van der Waals surface area contributed by atoms with E-state index in [0.717, 1.165) is 12.1 Å². The van der Waals surface area contributed by atoms with Crippen molar-refractivity contribution in [2.45, 2.75) is 0 Å². The monoisotopic (exact) mass is 366 g/mol. The van der Waals surface area contributed by atoms with E-state index in [0.29, 0.717) is 0 Å². The quantitative estimate of drug-likeness (QED) is 0.409. The number of hydrogen-bond acceptors (Lipinski definition) is 7. The fraction of sp³-hybridized carbons (Fsp3) is 0.364. The molecule has 23 heavy (non-hydrogen) atoms. The van der Waals surface area contributed by atoms with Gasteiger partial charge in [-0.25, -0.2) is 4.79 Å². The Morgan fingerprint density at radius 3 is 2.09 bits per heavy atom. The second kappa shape index (κ2) is 8.58. The molecule has 0 spiro atoms. The largest absolute Gasteiger partial charge is 0.628 e. The van der Waals surface area contributed by atoms with Gasteiger partial charge >= 0.3 is 11.6 Å². The Balaban J connectivity index is 3.73. The second-order valence-corrected chi connectivity index (χ2v) is 4.95. The lowest BCUT2D eigenvalue weighted by Crippen LogP contribution is -2.81. The van der Waals surface area contributed by atoms with Crippen molar-refractivity contribution in [2.24, 2.45) is 0 Å². The van der Waals surface area contributed by atoms with Gasteiger partial charge in [0.25, 0.3) is 5.69 Å². The van der Waals surface area contributed by atoms with Crippen molar-refractivity contribution in [3.05, 3.63) is 43.1 Å². The summed E-state index contributed by atoms with van der Waals surface area (Å²) in [5.74, 6) is -1.10. The van der Waals surface area contributed by atoms with Crippen molar-refractivity contribution in [3.63, 3.8) is 0 Å². The predicted molar refractivity (Wildman–Crippen MR) is 83.0 cm³/mol. The number of alkyl halides is 2. The van der Waals surface area contributed by atoms with Crippen LogP contribution in [0.1, 0.15) is 10.4 Å². The molecule has 0 aliphatic rings. The third-order valence-electron chi connectivity index (χ3n) is 2.91. The van der Waals surface area contributed by atoms with E-state index in [-0.39, 0.29) is 30.3 Å². The molecule has 2 N–H and O–H groups in total. The van der Waals surface area contributed by atoms with Gasteiger partial charge in [-0.3, -0.25) is 20.2 Å². The number of anilines is 1. The molecule has 0 atom stereocenters. The molecule has 1 amide bonds. The first-order valence-corrected chi connectivity index (χ1v) is 7.28. The predicted octanol–water partition coefficient (Wildman–Crippen LogP) is 0.988. The summed E-state index contributed by atoms with van der Waals surface area (Å²) in [5, 5.41) is 33.2. The zero-order valence-corrected chi connectivity index (χ0v) is 13.1. The lowest BCUT2D eigenvalue weighted by Gasteiger charge is -2.22. The number of primary amides is 1. The molecule has 0 saturated carbocycles. The number of hydrogen-bond donors (Lipinski definition) is 1. The molecule has 0 bridgehead atoms. The topological polar surface area (TPSA) is 146 Å². The van der Waals surface area contributed by atoms with E-state index in [2.05, 4.69) is 0 Å². The van der Waals surface area contributed by atoms with Crippen molar-refractivity contribution in [1.82, 2.24) is 0 Å². The Morgan fingerprint density at radius 2 is 1.70 bits per heavy atom. The van der Waals surface area contributed by atoms with Gasteiger partial charge < -0.3 is 15.6 Å². The van der Waals surface area contributed by atoms with Gasteiger partial charge in [0.15, 0.2) is 11.3 Å². The third kappa shape index (κ3) is 4.26. The minimum Gasteiger partial charge on any atom is -0.628 e. The zero-order chi connectivity index (χ0) is 17.6. The van der Waals surface area contributed by atoms with Gasteiger partial charge in [-0.15, -0.1) is 23.2 Å². The van der Waals surface area contributed by atoms with Crippen LogP contribution in [0.2, 0.25) is 0 Å². The Morgan fingerprint density at radius 1 is 1.13 bits per heavy atom. The van der Waals surface area contributed by atoms with Crippen molar-refractivity contribution in [2.75, 3.05) is 29.7 Å². The van der Waals surface area contributed by atoms with Gasteiger partial charge in [0, 0.05) is 30.9 Å². The molecule has 12 heteroatoms. The Bertz CT molecular complexity index is 621. The molecule has 0 radical (unpaired) electrons. The SMILES string of the molecule is O=C([NH2+][O-])c1ccc([N+](=O)[O-])c(N(CCCl)CCCl)c1[N+](=O)[O-]. The Labute approximate surface area is 139 Å². The number of benzene rings is 1. The van der Waals surface area contributed by atoms with E-state index in [4.69, 9.17) is 23.2 Å². The van der Waals surface area contributed by atoms with E-state index in [1.807, 2.05) is 0 Å². The molecular weight excluding hydrogens is 355 g/mol. The van der Waals surface area contributed by atoms with E-state index in [1.165, 1.54) is 4.90 Å². The summed E-state index contributed by atoms with van der Waals surface area (Å²) in [6, 6.07) is 1.82. The van der Waals surface area contributed by atoms with Gasteiger partial charge in [0.1, 0.15) is 0 Å². The minimum atomic E-state index is -1.15. The fourth-order valence-corrected chi connectivity index (χ4v) is 2.42. The van der Waals surface area contributed by atoms with E-state index in [9.17, 15) is 30.2 Å². The number of carbonyl (C=O) groups is 1. The number of nitrogens with two attached hydrogens (primary N) is 1. The molecule has 1 aromatic rings. The average Bonchev–Trinajstić information content (AvgIpc) is 2.52. The first-order valence-electron chi connectivity index (χ1n) is 6.21. The number of nitrogens with zero attached hydrogens (tertiary/aromatic N) is 3. The smallest absolute Gasteiger partial charge is 0.349 e. The molecule has 126 valence electrons. The second-order valence-electron chi connectivity index (χ2n) is 4.19. The summed E-state index contributed by atoms with van der Waals surface area (Å²) < 4.78 is 0. The molecule has 1 aromatic carbocycles. The van der Waals surface area contributed by atoms with Crippen LogP contribution in [-0.4, -0.2) is 40.6 Å². The number of hydroxylamine groups is 1. The van der Waals surface area contributed by atoms with Crippen LogP contribution in [0.4, 0.5) is 17.1 Å². The number of nitro groups is 2. The summed E-state index contributed by atoms with van der Waals surface area (Å²) >= 11 is 11.3. The highest BCUT2D eigenvalue weighted by molar-refractivity contribution is 6.18. The molecule has 0 aliphatic carbocycles. The maximum atomic E-state index is 11.6. The molecule has 0 unspecified atom stereocenters. The maximum Gasteiger partial charge on any atom is 0.349 e. The van der Waals surface area contributed by atoms with Gasteiger partial charge in [0.05, 0.1) is 9.85 Å².